The van der Waals surface area contributed by atoms with E-state index >= 15 is 0 Å². The van der Waals surface area contributed by atoms with Crippen LogP contribution in [0.3, 0.4) is 0 Å². The van der Waals surface area contributed by atoms with Gasteiger partial charge >= 0.3 is 0 Å². The van der Waals surface area contributed by atoms with Gasteiger partial charge in [0.15, 0.2) is 0 Å². The second-order valence-corrected chi connectivity index (χ2v) is 5.75. The van der Waals surface area contributed by atoms with Crippen molar-refractivity contribution in [2.45, 2.75) is 26.8 Å². The standard InChI is InChI=1S/C16H19N7O/c1-9(2)23-13-6-5-11(7-12(13)20-22-23)16-19-15(21-24-16)14(17)10(3)8-18-4/h5-9,17-18H,1-4H3/b10-8-,17-14?. The molecule has 3 rings (SSSR count). The van der Waals surface area contributed by atoms with Crippen LogP contribution in [0.25, 0.3) is 22.5 Å². The van der Waals surface area contributed by atoms with E-state index in [1.54, 1.807) is 13.2 Å². The first kappa shape index (κ1) is 15.9. The molecule has 3 aromatic rings. The maximum atomic E-state index is 8.08. The van der Waals surface area contributed by atoms with Crippen LogP contribution < -0.4 is 5.32 Å². The molecule has 0 aliphatic carbocycles. The molecule has 2 N–H and O–H groups in total. The molecule has 124 valence electrons. The highest BCUT2D eigenvalue weighted by Crippen LogP contribution is 2.23. The molecule has 1 aromatic carbocycles. The SMILES string of the molecule is CN/C=C(/C)C(=N)c1noc(-c2ccc3c(c2)nnn3C(C)C)n1. The fourth-order valence-corrected chi connectivity index (χ4v) is 2.36. The Bertz CT molecular complexity index is 920. The molecule has 2 heterocycles. The summed E-state index contributed by atoms with van der Waals surface area (Å²) in [6.07, 6.45) is 1.72. The van der Waals surface area contributed by atoms with E-state index in [-0.39, 0.29) is 17.6 Å². The molecule has 0 aliphatic heterocycles. The summed E-state index contributed by atoms with van der Waals surface area (Å²) in [6, 6.07) is 5.92. The van der Waals surface area contributed by atoms with Crippen LogP contribution in [-0.4, -0.2) is 37.9 Å². The first-order valence-electron chi connectivity index (χ1n) is 7.63. The predicted octanol–water partition coefficient (Wildman–Crippen LogP) is 2.55. The van der Waals surface area contributed by atoms with Crippen molar-refractivity contribution < 1.29 is 4.52 Å². The van der Waals surface area contributed by atoms with Crippen LogP contribution in [0, 0.1) is 5.41 Å². The van der Waals surface area contributed by atoms with Gasteiger partial charge in [0.2, 0.25) is 5.82 Å². The molecule has 0 unspecified atom stereocenters. The number of hydrogen-bond donors (Lipinski definition) is 2. The topological polar surface area (TPSA) is 106 Å². The summed E-state index contributed by atoms with van der Waals surface area (Å²) in [5, 5.41) is 23.2. The number of benzene rings is 1. The van der Waals surface area contributed by atoms with Crippen molar-refractivity contribution in [1.29, 1.82) is 5.41 Å². The van der Waals surface area contributed by atoms with E-state index in [1.807, 2.05) is 29.8 Å². The van der Waals surface area contributed by atoms with E-state index < -0.39 is 0 Å². The van der Waals surface area contributed by atoms with Gasteiger partial charge in [0, 0.05) is 24.9 Å². The first-order valence-corrected chi connectivity index (χ1v) is 7.63. The fourth-order valence-electron chi connectivity index (χ4n) is 2.36. The molecule has 0 fully saturated rings. The summed E-state index contributed by atoms with van der Waals surface area (Å²) < 4.78 is 7.16. The summed E-state index contributed by atoms with van der Waals surface area (Å²) in [5.41, 5.74) is 3.41. The zero-order valence-electron chi connectivity index (χ0n) is 14.0. The fraction of sp³-hybridized carbons (Fsp3) is 0.312. The molecule has 0 saturated heterocycles. The number of nitrogens with zero attached hydrogens (tertiary/aromatic N) is 5. The highest BCUT2D eigenvalue weighted by molar-refractivity contribution is 6.07. The Balaban J connectivity index is 1.94. The van der Waals surface area contributed by atoms with Crippen molar-refractivity contribution in [3.8, 4) is 11.5 Å². The Kier molecular flexibility index (Phi) is 4.11. The third-order valence-corrected chi connectivity index (χ3v) is 3.61. The Hall–Kier alpha value is -3.03. The van der Waals surface area contributed by atoms with Crippen LogP contribution in [-0.2, 0) is 0 Å². The predicted molar refractivity (Wildman–Crippen MR) is 90.9 cm³/mol. The van der Waals surface area contributed by atoms with Crippen LogP contribution in [0.5, 0.6) is 0 Å². The van der Waals surface area contributed by atoms with Crippen molar-refractivity contribution in [2.75, 3.05) is 7.05 Å². The second-order valence-electron chi connectivity index (χ2n) is 5.75. The highest BCUT2D eigenvalue weighted by Gasteiger charge is 2.16. The summed E-state index contributed by atoms with van der Waals surface area (Å²) in [4.78, 5) is 4.31. The minimum Gasteiger partial charge on any atom is -0.394 e. The summed E-state index contributed by atoms with van der Waals surface area (Å²) in [7, 11) is 1.78. The minimum absolute atomic E-state index is 0.214. The zero-order chi connectivity index (χ0) is 17.3. The molecule has 0 saturated carbocycles. The quantitative estimate of drug-likeness (QED) is 0.698. The Morgan fingerprint density at radius 1 is 1.38 bits per heavy atom. The van der Waals surface area contributed by atoms with Gasteiger partial charge in [-0.25, -0.2) is 4.68 Å². The Morgan fingerprint density at radius 2 is 2.17 bits per heavy atom. The maximum Gasteiger partial charge on any atom is 0.258 e. The van der Waals surface area contributed by atoms with Crippen molar-refractivity contribution in [1.82, 2.24) is 30.5 Å². The van der Waals surface area contributed by atoms with Crippen LogP contribution >= 0.6 is 0 Å². The number of hydrogen-bond acceptors (Lipinski definition) is 7. The number of rotatable bonds is 5. The normalized spacial score (nSPS) is 12.1. The van der Waals surface area contributed by atoms with E-state index in [4.69, 9.17) is 9.93 Å². The van der Waals surface area contributed by atoms with Gasteiger partial charge in [-0.1, -0.05) is 10.4 Å². The van der Waals surface area contributed by atoms with Gasteiger partial charge in [0.25, 0.3) is 5.89 Å². The van der Waals surface area contributed by atoms with E-state index in [2.05, 4.69) is 39.6 Å². The van der Waals surface area contributed by atoms with E-state index in [9.17, 15) is 0 Å². The lowest BCUT2D eigenvalue weighted by Crippen LogP contribution is -2.06. The molecule has 0 spiro atoms. The van der Waals surface area contributed by atoms with Crippen molar-refractivity contribution in [2.24, 2.45) is 0 Å². The number of nitrogens with one attached hydrogen (secondary N) is 2. The molecule has 0 amide bonds. The zero-order valence-corrected chi connectivity index (χ0v) is 14.0. The molecule has 0 radical (unpaired) electrons. The minimum atomic E-state index is 0.214. The molecule has 2 aromatic heterocycles. The van der Waals surface area contributed by atoms with Gasteiger partial charge in [-0.2, -0.15) is 4.98 Å². The van der Waals surface area contributed by atoms with Crippen molar-refractivity contribution in [3.05, 3.63) is 35.8 Å². The number of aromatic nitrogens is 5. The molecule has 8 heteroatoms. The average molecular weight is 325 g/mol. The number of fused-ring (bicyclic) bond motifs is 1. The van der Waals surface area contributed by atoms with E-state index in [0.717, 1.165) is 22.2 Å². The smallest absolute Gasteiger partial charge is 0.258 e. The summed E-state index contributed by atoms with van der Waals surface area (Å²) >= 11 is 0. The van der Waals surface area contributed by atoms with Gasteiger partial charge in [-0.3, -0.25) is 5.41 Å². The molecular weight excluding hydrogens is 306 g/mol. The van der Waals surface area contributed by atoms with E-state index in [1.165, 1.54) is 0 Å². The third kappa shape index (κ3) is 2.78. The first-order chi connectivity index (χ1) is 11.5. The lowest BCUT2D eigenvalue weighted by atomic mass is 10.2. The molecular formula is C16H19N7O. The average Bonchev–Trinajstić information content (AvgIpc) is 3.20. The van der Waals surface area contributed by atoms with Crippen LogP contribution in [0.15, 0.2) is 34.5 Å². The van der Waals surface area contributed by atoms with Crippen LogP contribution in [0.1, 0.15) is 32.6 Å². The van der Waals surface area contributed by atoms with Crippen molar-refractivity contribution in [3.63, 3.8) is 0 Å². The largest absolute Gasteiger partial charge is 0.394 e. The maximum absolute atomic E-state index is 8.08. The monoisotopic (exact) mass is 325 g/mol. The van der Waals surface area contributed by atoms with Gasteiger partial charge in [-0.15, -0.1) is 5.10 Å². The Labute approximate surface area is 139 Å². The molecule has 24 heavy (non-hydrogen) atoms. The number of allylic oxidation sites excluding steroid dienone is 1. The van der Waals surface area contributed by atoms with Gasteiger partial charge in [0.1, 0.15) is 11.2 Å². The van der Waals surface area contributed by atoms with Crippen LogP contribution in [0.4, 0.5) is 0 Å². The van der Waals surface area contributed by atoms with Gasteiger partial charge in [0.05, 0.1) is 5.52 Å². The summed E-state index contributed by atoms with van der Waals surface area (Å²) in [5.74, 6) is 0.605. The van der Waals surface area contributed by atoms with Crippen molar-refractivity contribution >= 4 is 16.7 Å². The van der Waals surface area contributed by atoms with Crippen LogP contribution in [0.2, 0.25) is 0 Å². The summed E-state index contributed by atoms with van der Waals surface area (Å²) in [6.45, 7) is 5.92. The van der Waals surface area contributed by atoms with Gasteiger partial charge < -0.3 is 9.84 Å². The third-order valence-electron chi connectivity index (χ3n) is 3.61. The second kappa shape index (κ2) is 6.23. The molecule has 0 bridgehead atoms. The lowest BCUT2D eigenvalue weighted by molar-refractivity contribution is 0.429. The highest BCUT2D eigenvalue weighted by atomic mass is 16.5. The molecule has 0 aliphatic rings. The molecule has 8 nitrogen and oxygen atoms in total. The Morgan fingerprint density at radius 3 is 2.88 bits per heavy atom. The van der Waals surface area contributed by atoms with E-state index in [0.29, 0.717) is 5.89 Å². The lowest BCUT2D eigenvalue weighted by Gasteiger charge is -2.04. The van der Waals surface area contributed by atoms with Gasteiger partial charge in [-0.05, 0) is 44.5 Å². The molecule has 0 atom stereocenters.